The zero-order valence-electron chi connectivity index (χ0n) is 16.4. The van der Waals surface area contributed by atoms with Crippen LogP contribution in [0.2, 0.25) is 0 Å². The second-order valence-corrected chi connectivity index (χ2v) is 7.24. The van der Waals surface area contributed by atoms with E-state index in [2.05, 4.69) is 41.2 Å². The number of para-hydroxylation sites is 1. The van der Waals surface area contributed by atoms with Crippen LogP contribution >= 0.6 is 0 Å². The van der Waals surface area contributed by atoms with E-state index in [9.17, 15) is 4.79 Å². The molecule has 2 aromatic carbocycles. The summed E-state index contributed by atoms with van der Waals surface area (Å²) >= 11 is 0. The van der Waals surface area contributed by atoms with Gasteiger partial charge in [0.15, 0.2) is 0 Å². The number of fused-ring (bicyclic) bond motifs is 1. The highest BCUT2D eigenvalue weighted by molar-refractivity contribution is 6.07. The van der Waals surface area contributed by atoms with Crippen molar-refractivity contribution < 1.29 is 4.79 Å². The third kappa shape index (κ3) is 3.26. The standard InChI is InChI=1S/C24H25N3O/c1-3-15-26(22-13-14-25-17-18(22)2)27-23-12-8-7-11-20(23)21(24(27)28)16-19-9-5-4-6-10-19/h4-14,17,21H,3,15-16H2,1-2H3. The van der Waals surface area contributed by atoms with Gasteiger partial charge in [-0.15, -0.1) is 0 Å². The molecule has 0 saturated heterocycles. The molecule has 0 fully saturated rings. The van der Waals surface area contributed by atoms with Crippen LogP contribution in [0.5, 0.6) is 0 Å². The first-order valence-electron chi connectivity index (χ1n) is 9.85. The number of hydrazine groups is 1. The van der Waals surface area contributed by atoms with Gasteiger partial charge in [0, 0.05) is 18.9 Å². The summed E-state index contributed by atoms with van der Waals surface area (Å²) in [5.41, 5.74) is 5.36. The van der Waals surface area contributed by atoms with Crippen LogP contribution < -0.4 is 10.0 Å². The van der Waals surface area contributed by atoms with E-state index in [-0.39, 0.29) is 11.8 Å². The molecule has 1 unspecified atom stereocenters. The van der Waals surface area contributed by atoms with E-state index >= 15 is 0 Å². The Morgan fingerprint density at radius 2 is 1.79 bits per heavy atom. The van der Waals surface area contributed by atoms with Crippen molar-refractivity contribution in [3.63, 3.8) is 0 Å². The molecular formula is C24H25N3O. The van der Waals surface area contributed by atoms with Crippen LogP contribution in [0.4, 0.5) is 11.4 Å². The summed E-state index contributed by atoms with van der Waals surface area (Å²) in [6.07, 6.45) is 5.30. The van der Waals surface area contributed by atoms with Gasteiger partial charge in [0.1, 0.15) is 0 Å². The van der Waals surface area contributed by atoms with Gasteiger partial charge < -0.3 is 0 Å². The third-order valence-electron chi connectivity index (χ3n) is 5.28. The van der Waals surface area contributed by atoms with Crippen LogP contribution in [0.1, 0.15) is 36.0 Å². The Labute approximate surface area is 166 Å². The predicted octanol–water partition coefficient (Wildman–Crippen LogP) is 4.89. The van der Waals surface area contributed by atoms with Gasteiger partial charge in [0.05, 0.1) is 17.3 Å². The second-order valence-electron chi connectivity index (χ2n) is 7.24. The zero-order chi connectivity index (χ0) is 19.5. The highest BCUT2D eigenvalue weighted by atomic mass is 16.2. The number of pyridine rings is 1. The summed E-state index contributed by atoms with van der Waals surface area (Å²) in [6, 6.07) is 20.4. The molecule has 0 bridgehead atoms. The number of carbonyl (C=O) groups excluding carboxylic acids is 1. The molecule has 1 amide bonds. The van der Waals surface area contributed by atoms with E-state index in [0.717, 1.165) is 35.5 Å². The molecule has 4 heteroatoms. The number of hydrogen-bond acceptors (Lipinski definition) is 3. The van der Waals surface area contributed by atoms with Gasteiger partial charge in [-0.1, -0.05) is 55.5 Å². The molecule has 28 heavy (non-hydrogen) atoms. The van der Waals surface area contributed by atoms with Gasteiger partial charge >= 0.3 is 0 Å². The first kappa shape index (κ1) is 18.2. The van der Waals surface area contributed by atoms with Crippen LogP contribution in [-0.2, 0) is 11.2 Å². The number of anilines is 2. The molecule has 0 saturated carbocycles. The van der Waals surface area contributed by atoms with Crippen LogP contribution in [0, 0.1) is 6.92 Å². The number of benzene rings is 2. The maximum absolute atomic E-state index is 13.6. The van der Waals surface area contributed by atoms with Gasteiger partial charge in [-0.3, -0.25) is 14.8 Å². The first-order chi connectivity index (χ1) is 13.7. The fourth-order valence-electron chi connectivity index (χ4n) is 3.97. The zero-order valence-corrected chi connectivity index (χ0v) is 16.4. The summed E-state index contributed by atoms with van der Waals surface area (Å²) in [5.74, 6) is -0.0326. The Bertz CT molecular complexity index is 970. The summed E-state index contributed by atoms with van der Waals surface area (Å²) in [4.78, 5) is 17.9. The van der Waals surface area contributed by atoms with Crippen molar-refractivity contribution in [3.8, 4) is 0 Å². The Hall–Kier alpha value is -3.14. The van der Waals surface area contributed by atoms with Crippen molar-refractivity contribution in [1.82, 2.24) is 4.98 Å². The number of carbonyl (C=O) groups is 1. The summed E-state index contributed by atoms with van der Waals surface area (Å²) in [6.45, 7) is 4.94. The molecule has 0 aliphatic carbocycles. The molecule has 0 radical (unpaired) electrons. The van der Waals surface area contributed by atoms with Gasteiger partial charge in [0.25, 0.3) is 5.91 Å². The predicted molar refractivity (Wildman–Crippen MR) is 113 cm³/mol. The van der Waals surface area contributed by atoms with E-state index in [4.69, 9.17) is 0 Å². The SMILES string of the molecule is CCCN(c1ccncc1C)N1C(=O)C(Cc2ccccc2)c2ccccc21. The van der Waals surface area contributed by atoms with Gasteiger partial charge in [0.2, 0.25) is 0 Å². The topological polar surface area (TPSA) is 36.4 Å². The lowest BCUT2D eigenvalue weighted by Crippen LogP contribution is -2.47. The van der Waals surface area contributed by atoms with E-state index in [1.165, 1.54) is 5.56 Å². The summed E-state index contributed by atoms with van der Waals surface area (Å²) < 4.78 is 0. The molecule has 0 N–H and O–H groups in total. The molecule has 1 aromatic heterocycles. The van der Waals surface area contributed by atoms with Crippen LogP contribution in [0.3, 0.4) is 0 Å². The Morgan fingerprint density at radius 1 is 1.04 bits per heavy atom. The lowest BCUT2D eigenvalue weighted by molar-refractivity contribution is -0.119. The number of nitrogens with zero attached hydrogens (tertiary/aromatic N) is 3. The van der Waals surface area contributed by atoms with Gasteiger partial charge in [-0.05, 0) is 48.6 Å². The average Bonchev–Trinajstić information content (AvgIpc) is 2.99. The molecule has 4 nitrogen and oxygen atoms in total. The monoisotopic (exact) mass is 371 g/mol. The lowest BCUT2D eigenvalue weighted by atomic mass is 9.93. The van der Waals surface area contributed by atoms with Crippen LogP contribution in [0.25, 0.3) is 0 Å². The molecule has 2 heterocycles. The second kappa shape index (κ2) is 7.85. The first-order valence-corrected chi connectivity index (χ1v) is 9.85. The Balaban J connectivity index is 1.76. The highest BCUT2D eigenvalue weighted by Gasteiger charge is 2.40. The van der Waals surface area contributed by atoms with E-state index in [1.807, 2.05) is 54.5 Å². The Kier molecular flexibility index (Phi) is 5.11. The quantitative estimate of drug-likeness (QED) is 0.619. The fraction of sp³-hybridized carbons (Fsp3) is 0.250. The normalized spacial score (nSPS) is 15.6. The molecule has 3 aromatic rings. The minimum absolute atomic E-state index is 0.134. The third-order valence-corrected chi connectivity index (χ3v) is 5.28. The molecule has 1 aliphatic rings. The van der Waals surface area contributed by atoms with Crippen molar-refractivity contribution in [3.05, 3.63) is 89.7 Å². The van der Waals surface area contributed by atoms with Gasteiger partial charge in [-0.25, -0.2) is 5.01 Å². The maximum Gasteiger partial charge on any atom is 0.253 e. The molecule has 142 valence electrons. The highest BCUT2D eigenvalue weighted by Crippen LogP contribution is 2.41. The largest absolute Gasteiger partial charge is 0.278 e. The smallest absolute Gasteiger partial charge is 0.253 e. The number of hydrogen-bond donors (Lipinski definition) is 0. The molecule has 4 rings (SSSR count). The summed E-state index contributed by atoms with van der Waals surface area (Å²) in [7, 11) is 0. The van der Waals surface area contributed by atoms with E-state index in [1.54, 1.807) is 6.20 Å². The van der Waals surface area contributed by atoms with Crippen LogP contribution in [0.15, 0.2) is 73.1 Å². The molecule has 0 spiro atoms. The maximum atomic E-state index is 13.6. The van der Waals surface area contributed by atoms with Crippen molar-refractivity contribution >= 4 is 17.3 Å². The molecule has 1 aliphatic heterocycles. The Morgan fingerprint density at radius 3 is 2.54 bits per heavy atom. The minimum Gasteiger partial charge on any atom is -0.278 e. The summed E-state index contributed by atoms with van der Waals surface area (Å²) in [5, 5.41) is 4.00. The fourth-order valence-corrected chi connectivity index (χ4v) is 3.97. The average molecular weight is 371 g/mol. The van der Waals surface area contributed by atoms with E-state index < -0.39 is 0 Å². The van der Waals surface area contributed by atoms with Gasteiger partial charge in [-0.2, -0.15) is 0 Å². The van der Waals surface area contributed by atoms with E-state index in [0.29, 0.717) is 6.42 Å². The number of rotatable bonds is 6. The van der Waals surface area contributed by atoms with Crippen molar-refractivity contribution in [1.29, 1.82) is 0 Å². The van der Waals surface area contributed by atoms with Crippen LogP contribution in [-0.4, -0.2) is 17.4 Å². The lowest BCUT2D eigenvalue weighted by Gasteiger charge is -2.35. The minimum atomic E-state index is -0.167. The van der Waals surface area contributed by atoms with Crippen molar-refractivity contribution in [2.45, 2.75) is 32.6 Å². The number of amides is 1. The molecule has 1 atom stereocenters. The number of aromatic nitrogens is 1. The van der Waals surface area contributed by atoms with Crippen molar-refractivity contribution in [2.75, 3.05) is 16.6 Å². The van der Waals surface area contributed by atoms with Crippen molar-refractivity contribution in [2.24, 2.45) is 0 Å². The number of aryl methyl sites for hydroxylation is 1. The molecular weight excluding hydrogens is 346 g/mol.